The van der Waals surface area contributed by atoms with Crippen molar-refractivity contribution in [2.45, 2.75) is 51.0 Å². The molecule has 0 heterocycles. The van der Waals surface area contributed by atoms with Crippen molar-refractivity contribution >= 4 is 16.0 Å². The van der Waals surface area contributed by atoms with E-state index in [-0.39, 0.29) is 5.75 Å². The summed E-state index contributed by atoms with van der Waals surface area (Å²) in [7, 11) is -3.46. The number of sulfonamides is 1. The minimum absolute atomic E-state index is 0.0124. The molecule has 5 nitrogen and oxygen atoms in total. The Morgan fingerprint density at radius 3 is 2.38 bits per heavy atom. The first-order valence-corrected chi connectivity index (χ1v) is 7.32. The maximum absolute atomic E-state index is 11.7. The van der Waals surface area contributed by atoms with Gasteiger partial charge in [0.05, 0.1) is 5.75 Å². The molecular formula is C10H19NO4S. The lowest BCUT2D eigenvalue weighted by atomic mass is 10.0. The van der Waals surface area contributed by atoms with Crippen LogP contribution in [0.15, 0.2) is 0 Å². The van der Waals surface area contributed by atoms with Crippen LogP contribution in [-0.4, -0.2) is 30.8 Å². The second-order valence-electron chi connectivity index (χ2n) is 4.37. The second-order valence-corrected chi connectivity index (χ2v) is 6.21. The Bertz CT molecular complexity index is 344. The van der Waals surface area contributed by atoms with E-state index >= 15 is 0 Å². The molecule has 1 aliphatic rings. The van der Waals surface area contributed by atoms with E-state index in [1.165, 1.54) is 0 Å². The quantitative estimate of drug-likeness (QED) is 0.738. The molecule has 1 fully saturated rings. The molecule has 0 spiro atoms. The van der Waals surface area contributed by atoms with Gasteiger partial charge in [-0.1, -0.05) is 26.2 Å². The van der Waals surface area contributed by atoms with E-state index in [1.807, 2.05) is 6.92 Å². The molecule has 0 radical (unpaired) electrons. The smallest absolute Gasteiger partial charge is 0.324 e. The maximum atomic E-state index is 11.7. The summed E-state index contributed by atoms with van der Waals surface area (Å²) < 4.78 is 25.7. The largest absolute Gasteiger partial charge is 0.480 e. The number of carbonyl (C=O) groups is 1. The van der Waals surface area contributed by atoms with Crippen molar-refractivity contribution in [2.24, 2.45) is 0 Å². The van der Waals surface area contributed by atoms with Crippen molar-refractivity contribution < 1.29 is 18.3 Å². The van der Waals surface area contributed by atoms with Gasteiger partial charge >= 0.3 is 5.97 Å². The van der Waals surface area contributed by atoms with E-state index in [0.29, 0.717) is 19.3 Å². The van der Waals surface area contributed by atoms with Gasteiger partial charge in [0.25, 0.3) is 0 Å². The summed E-state index contributed by atoms with van der Waals surface area (Å²) in [5, 5.41) is 9.13. The summed E-state index contributed by atoms with van der Waals surface area (Å²) in [6.07, 6.45) is 3.67. The Morgan fingerprint density at radius 1 is 1.38 bits per heavy atom. The van der Waals surface area contributed by atoms with Crippen LogP contribution in [0.1, 0.15) is 45.4 Å². The summed E-state index contributed by atoms with van der Waals surface area (Å²) in [4.78, 5) is 11.1. The van der Waals surface area contributed by atoms with Gasteiger partial charge in [-0.25, -0.2) is 8.42 Å². The first-order chi connectivity index (χ1) is 7.42. The topological polar surface area (TPSA) is 83.5 Å². The summed E-state index contributed by atoms with van der Waals surface area (Å²) in [6, 6.07) is 0. The Morgan fingerprint density at radius 2 is 1.94 bits per heavy atom. The third-order valence-corrected chi connectivity index (χ3v) is 4.51. The van der Waals surface area contributed by atoms with E-state index in [2.05, 4.69) is 4.72 Å². The first-order valence-electron chi connectivity index (χ1n) is 5.67. The number of unbranched alkanes of at least 4 members (excludes halogenated alkanes) is 1. The number of hydrogen-bond donors (Lipinski definition) is 2. The van der Waals surface area contributed by atoms with Crippen LogP contribution in [0.4, 0.5) is 0 Å². The SMILES string of the molecule is CCCCS(=O)(=O)NC1(C(=O)O)CCCC1. The number of carboxylic acids is 1. The summed E-state index contributed by atoms with van der Waals surface area (Å²) in [5.41, 5.74) is -1.24. The number of hydrogen-bond acceptors (Lipinski definition) is 3. The van der Waals surface area contributed by atoms with Gasteiger partial charge in [-0.05, 0) is 19.3 Å². The average molecular weight is 249 g/mol. The van der Waals surface area contributed by atoms with Gasteiger partial charge in [0.1, 0.15) is 5.54 Å². The summed E-state index contributed by atoms with van der Waals surface area (Å²) in [6.45, 7) is 1.90. The molecule has 6 heteroatoms. The number of aliphatic carboxylic acids is 1. The van der Waals surface area contributed by atoms with E-state index in [4.69, 9.17) is 5.11 Å². The van der Waals surface area contributed by atoms with Crippen molar-refractivity contribution in [2.75, 3.05) is 5.75 Å². The van der Waals surface area contributed by atoms with Crippen molar-refractivity contribution in [1.82, 2.24) is 4.72 Å². The third kappa shape index (κ3) is 3.18. The summed E-state index contributed by atoms with van der Waals surface area (Å²) >= 11 is 0. The van der Waals surface area contributed by atoms with Crippen LogP contribution >= 0.6 is 0 Å². The molecule has 1 aliphatic carbocycles. The molecule has 1 saturated carbocycles. The molecule has 0 aromatic carbocycles. The minimum Gasteiger partial charge on any atom is -0.480 e. The second kappa shape index (κ2) is 5.14. The maximum Gasteiger partial charge on any atom is 0.324 e. The zero-order valence-corrected chi connectivity index (χ0v) is 10.3. The van der Waals surface area contributed by atoms with Crippen LogP contribution in [0.3, 0.4) is 0 Å². The standard InChI is InChI=1S/C10H19NO4S/c1-2-3-8-16(14,15)11-10(9(12)13)6-4-5-7-10/h11H,2-8H2,1H3,(H,12,13). The summed E-state index contributed by atoms with van der Waals surface area (Å²) in [5.74, 6) is -1.04. The van der Waals surface area contributed by atoms with Gasteiger partial charge in [0.15, 0.2) is 0 Å². The highest BCUT2D eigenvalue weighted by Gasteiger charge is 2.44. The highest BCUT2D eigenvalue weighted by molar-refractivity contribution is 7.89. The molecule has 0 aliphatic heterocycles. The zero-order valence-electron chi connectivity index (χ0n) is 9.53. The molecule has 0 atom stereocenters. The van der Waals surface area contributed by atoms with Crippen LogP contribution in [0, 0.1) is 0 Å². The van der Waals surface area contributed by atoms with E-state index < -0.39 is 21.5 Å². The minimum atomic E-state index is -3.46. The third-order valence-electron chi connectivity index (χ3n) is 2.98. The van der Waals surface area contributed by atoms with E-state index in [1.54, 1.807) is 0 Å². The monoisotopic (exact) mass is 249 g/mol. The van der Waals surface area contributed by atoms with Crippen LogP contribution in [0.25, 0.3) is 0 Å². The van der Waals surface area contributed by atoms with Crippen LogP contribution < -0.4 is 4.72 Å². The molecule has 0 bridgehead atoms. The molecule has 94 valence electrons. The van der Waals surface area contributed by atoms with E-state index in [0.717, 1.165) is 19.3 Å². The highest BCUT2D eigenvalue weighted by Crippen LogP contribution is 2.30. The fraction of sp³-hybridized carbons (Fsp3) is 0.900. The molecule has 16 heavy (non-hydrogen) atoms. The zero-order chi connectivity index (χ0) is 12.2. The fourth-order valence-electron chi connectivity index (χ4n) is 2.02. The molecule has 0 amide bonds. The number of rotatable bonds is 6. The molecule has 2 N–H and O–H groups in total. The van der Waals surface area contributed by atoms with Gasteiger partial charge in [0.2, 0.25) is 10.0 Å². The van der Waals surface area contributed by atoms with Crippen LogP contribution in [-0.2, 0) is 14.8 Å². The Kier molecular flexibility index (Phi) is 4.32. The Hall–Kier alpha value is -0.620. The number of carboxylic acid groups (broad SMARTS) is 1. The molecule has 1 rings (SSSR count). The molecule has 0 saturated heterocycles. The van der Waals surface area contributed by atoms with Crippen LogP contribution in [0.5, 0.6) is 0 Å². The van der Waals surface area contributed by atoms with Gasteiger partial charge in [0, 0.05) is 0 Å². The van der Waals surface area contributed by atoms with Gasteiger partial charge in [-0.2, -0.15) is 4.72 Å². The lowest BCUT2D eigenvalue weighted by molar-refractivity contribution is -0.143. The lowest BCUT2D eigenvalue weighted by Gasteiger charge is -2.24. The van der Waals surface area contributed by atoms with Crippen molar-refractivity contribution in [3.05, 3.63) is 0 Å². The van der Waals surface area contributed by atoms with Gasteiger partial charge in [-0.15, -0.1) is 0 Å². The normalized spacial score (nSPS) is 19.8. The van der Waals surface area contributed by atoms with Gasteiger partial charge in [-0.3, -0.25) is 4.79 Å². The number of nitrogens with one attached hydrogen (secondary N) is 1. The first kappa shape index (κ1) is 13.4. The lowest BCUT2D eigenvalue weighted by Crippen LogP contribution is -2.52. The predicted octanol–water partition coefficient (Wildman–Crippen LogP) is 1.10. The van der Waals surface area contributed by atoms with E-state index in [9.17, 15) is 13.2 Å². The van der Waals surface area contributed by atoms with Crippen molar-refractivity contribution in [3.8, 4) is 0 Å². The fourth-order valence-corrected chi connectivity index (χ4v) is 3.68. The van der Waals surface area contributed by atoms with Crippen molar-refractivity contribution in [1.29, 1.82) is 0 Å². The molecular weight excluding hydrogens is 230 g/mol. The molecule has 0 aromatic rings. The van der Waals surface area contributed by atoms with Gasteiger partial charge < -0.3 is 5.11 Å². The Labute approximate surface area is 96.3 Å². The molecule has 0 unspecified atom stereocenters. The average Bonchev–Trinajstić information content (AvgIpc) is 2.64. The predicted molar refractivity (Wildman–Crippen MR) is 60.7 cm³/mol. The van der Waals surface area contributed by atoms with Crippen molar-refractivity contribution in [3.63, 3.8) is 0 Å². The van der Waals surface area contributed by atoms with Crippen LogP contribution in [0.2, 0.25) is 0 Å². The molecule has 0 aromatic heterocycles. The Balaban J connectivity index is 2.72. The highest BCUT2D eigenvalue weighted by atomic mass is 32.2.